The summed E-state index contributed by atoms with van der Waals surface area (Å²) < 4.78 is 0. The highest BCUT2D eigenvalue weighted by molar-refractivity contribution is 7.60. The van der Waals surface area contributed by atoms with Gasteiger partial charge in [-0.05, 0) is 117 Å². The van der Waals surface area contributed by atoms with Crippen molar-refractivity contribution in [3.05, 3.63) is 44.5 Å². The van der Waals surface area contributed by atoms with Gasteiger partial charge in [-0.1, -0.05) is 0 Å². The molecule has 0 aliphatic carbocycles. The van der Waals surface area contributed by atoms with Gasteiger partial charge in [0.05, 0.1) is 0 Å². The fourth-order valence-electron chi connectivity index (χ4n) is 4.15. The minimum atomic E-state index is -0.228. The second-order valence-corrected chi connectivity index (χ2v) is 9.02. The van der Waals surface area contributed by atoms with E-state index >= 15 is 0 Å². The van der Waals surface area contributed by atoms with Gasteiger partial charge in [0.15, 0.2) is 0 Å². The van der Waals surface area contributed by atoms with Gasteiger partial charge in [-0.25, -0.2) is 0 Å². The van der Waals surface area contributed by atoms with E-state index < -0.39 is 0 Å². The molecule has 1 heteroatoms. The number of benzene rings is 2. The summed E-state index contributed by atoms with van der Waals surface area (Å²) in [5, 5.41) is 6.41. The number of aryl methyl sites for hydroxylation is 5. The summed E-state index contributed by atoms with van der Waals surface area (Å²) in [6.45, 7) is 20.9. The maximum atomic E-state index is 2.46. The van der Waals surface area contributed by atoms with Crippen molar-refractivity contribution in [2.24, 2.45) is 6.66 Å². The molecule has 0 nitrogen and oxygen atoms in total. The molecule has 0 atom stereocenters. The van der Waals surface area contributed by atoms with Gasteiger partial charge in [-0.3, -0.25) is 0 Å². The van der Waals surface area contributed by atoms with Crippen molar-refractivity contribution >= 4 is 28.5 Å². The molecule has 0 amide bonds. The first-order chi connectivity index (χ1) is 10.2. The lowest BCUT2D eigenvalue weighted by Gasteiger charge is -2.14. The van der Waals surface area contributed by atoms with Crippen molar-refractivity contribution in [1.29, 1.82) is 0 Å². The molecule has 22 heavy (non-hydrogen) atoms. The molecule has 1 heterocycles. The van der Waals surface area contributed by atoms with Gasteiger partial charge < -0.3 is 0 Å². The molecule has 0 aliphatic heterocycles. The average molecular weight is 310 g/mol. The van der Waals surface area contributed by atoms with Crippen LogP contribution < -0.4 is 0 Å². The molecule has 0 fully saturated rings. The van der Waals surface area contributed by atoms with Crippen LogP contribution in [0.2, 0.25) is 0 Å². The zero-order valence-corrected chi connectivity index (χ0v) is 16.3. The van der Waals surface area contributed by atoms with Crippen molar-refractivity contribution in [3.8, 4) is 0 Å². The topological polar surface area (TPSA) is 0 Å². The van der Waals surface area contributed by atoms with Gasteiger partial charge in [-0.2, -0.15) is 0 Å². The molecule has 2 aromatic carbocycles. The Kier molecular flexibility index (Phi) is 3.46. The maximum Gasteiger partial charge on any atom is 0.00560 e. The summed E-state index contributed by atoms with van der Waals surface area (Å²) in [7, 11) is -0.228. The van der Waals surface area contributed by atoms with E-state index in [4.69, 9.17) is 0 Å². The minimum Gasteiger partial charge on any atom is -0.111 e. The number of rotatable bonds is 0. The first-order valence-corrected chi connectivity index (χ1v) is 9.93. The molecule has 0 aliphatic rings. The molecule has 0 unspecified atom stereocenters. The van der Waals surface area contributed by atoms with Crippen LogP contribution in [0.4, 0.5) is 0 Å². The molecule has 0 radical (unpaired) electrons. The summed E-state index contributed by atoms with van der Waals surface area (Å²) in [5.41, 5.74) is 12.0. The summed E-state index contributed by atoms with van der Waals surface area (Å²) in [6.07, 6.45) is 0. The lowest BCUT2D eigenvalue weighted by atomic mass is 9.90. The summed E-state index contributed by atoms with van der Waals surface area (Å²) in [4.78, 5) is 0. The standard InChI is InChI=1S/C21H27P/c1-10-12(3)16(7)20-18(14(10)5)19-15(6)11(2)13(4)17(8)21(19)22(20)9/h1-9H3. The number of hydrogen-bond acceptors (Lipinski definition) is 0. The lowest BCUT2D eigenvalue weighted by Crippen LogP contribution is -1.94. The predicted molar refractivity (Wildman–Crippen MR) is 103 cm³/mol. The van der Waals surface area contributed by atoms with Crippen molar-refractivity contribution in [2.75, 3.05) is 0 Å². The normalized spacial score (nSPS) is 11.9. The van der Waals surface area contributed by atoms with Crippen LogP contribution in [0.1, 0.15) is 44.5 Å². The summed E-state index contributed by atoms with van der Waals surface area (Å²) >= 11 is 0. The van der Waals surface area contributed by atoms with Crippen LogP contribution in [-0.4, -0.2) is 0 Å². The second-order valence-electron chi connectivity index (χ2n) is 7.01. The average Bonchev–Trinajstić information content (AvgIpc) is 2.80. The van der Waals surface area contributed by atoms with E-state index in [-0.39, 0.29) is 7.53 Å². The van der Waals surface area contributed by atoms with Crippen LogP contribution in [0.5, 0.6) is 0 Å². The smallest absolute Gasteiger partial charge is 0.00560 e. The maximum absolute atomic E-state index is 2.46. The van der Waals surface area contributed by atoms with Gasteiger partial charge >= 0.3 is 0 Å². The number of hydrogen-bond donors (Lipinski definition) is 0. The van der Waals surface area contributed by atoms with E-state index in [1.807, 2.05) is 0 Å². The lowest BCUT2D eigenvalue weighted by molar-refractivity contribution is 1.25. The first kappa shape index (κ1) is 15.6. The van der Waals surface area contributed by atoms with Gasteiger partial charge in [0.2, 0.25) is 0 Å². The Morgan fingerprint density at radius 3 is 1.00 bits per heavy atom. The number of fused-ring (bicyclic) bond motifs is 3. The monoisotopic (exact) mass is 310 g/mol. The largest absolute Gasteiger partial charge is 0.111 e. The molecule has 116 valence electrons. The Labute approximate surface area is 135 Å². The highest BCUT2D eigenvalue weighted by Crippen LogP contribution is 2.53. The van der Waals surface area contributed by atoms with Gasteiger partial charge in [-0.15, -0.1) is 7.53 Å². The first-order valence-electron chi connectivity index (χ1n) is 8.14. The third kappa shape index (κ3) is 1.71. The SMILES string of the molecule is Cc1c(C)c(C)c2c(c1C)c1c(C)c(C)c(C)c(C)c1p2C. The molecule has 0 N–H and O–H groups in total. The van der Waals surface area contributed by atoms with E-state index in [1.165, 1.54) is 44.5 Å². The highest BCUT2D eigenvalue weighted by Gasteiger charge is 2.21. The molecule has 0 bridgehead atoms. The molecular weight excluding hydrogens is 283 g/mol. The quantitative estimate of drug-likeness (QED) is 0.420. The van der Waals surface area contributed by atoms with Gasteiger partial charge in [0, 0.05) is 10.2 Å². The van der Waals surface area contributed by atoms with Gasteiger partial charge in [0.1, 0.15) is 0 Å². The third-order valence-electron chi connectivity index (χ3n) is 6.23. The Morgan fingerprint density at radius 2 is 0.682 bits per heavy atom. The zero-order valence-electron chi connectivity index (χ0n) is 15.4. The molecule has 1 aromatic heterocycles. The molecule has 0 saturated heterocycles. The Balaban J connectivity index is 2.81. The van der Waals surface area contributed by atoms with Crippen LogP contribution in [0.25, 0.3) is 21.0 Å². The van der Waals surface area contributed by atoms with Crippen molar-refractivity contribution < 1.29 is 0 Å². The van der Waals surface area contributed by atoms with E-state index in [0.29, 0.717) is 0 Å². The Hall–Kier alpha value is -1.26. The molecular formula is C21H27P. The summed E-state index contributed by atoms with van der Waals surface area (Å²) in [6, 6.07) is 0. The molecule has 3 rings (SSSR count). The van der Waals surface area contributed by atoms with Crippen molar-refractivity contribution in [3.63, 3.8) is 0 Å². The van der Waals surface area contributed by atoms with Crippen LogP contribution in [0.15, 0.2) is 0 Å². The van der Waals surface area contributed by atoms with E-state index in [2.05, 4.69) is 62.1 Å². The third-order valence-corrected chi connectivity index (χ3v) is 8.69. The van der Waals surface area contributed by atoms with E-state index in [9.17, 15) is 0 Å². The molecule has 0 spiro atoms. The molecule has 0 saturated carbocycles. The predicted octanol–water partition coefficient (Wildman–Crippen LogP) is 6.98. The minimum absolute atomic E-state index is 0.228. The van der Waals surface area contributed by atoms with Crippen LogP contribution in [0.3, 0.4) is 0 Å². The van der Waals surface area contributed by atoms with Crippen LogP contribution in [0, 0.1) is 55.4 Å². The van der Waals surface area contributed by atoms with E-state index in [1.54, 1.807) is 21.0 Å². The van der Waals surface area contributed by atoms with Crippen molar-refractivity contribution in [2.45, 2.75) is 55.4 Å². The van der Waals surface area contributed by atoms with Crippen LogP contribution in [-0.2, 0) is 6.66 Å². The zero-order chi connectivity index (χ0) is 16.5. The molecule has 3 aromatic rings. The Bertz CT molecular complexity index is 875. The summed E-state index contributed by atoms with van der Waals surface area (Å²) in [5.74, 6) is 0. The Morgan fingerprint density at radius 1 is 0.409 bits per heavy atom. The highest BCUT2D eigenvalue weighted by atomic mass is 31.1. The fourth-order valence-corrected chi connectivity index (χ4v) is 6.94. The fraction of sp³-hybridized carbons (Fsp3) is 0.429. The van der Waals surface area contributed by atoms with Crippen molar-refractivity contribution in [1.82, 2.24) is 0 Å². The second kappa shape index (κ2) is 4.87. The van der Waals surface area contributed by atoms with E-state index in [0.717, 1.165) is 0 Å². The van der Waals surface area contributed by atoms with Gasteiger partial charge in [0.25, 0.3) is 0 Å². The van der Waals surface area contributed by atoms with Crippen LogP contribution >= 0.6 is 7.53 Å².